The SMILES string of the molecule is CN1CCNCC1c1noc(CCN2C(=O)C3CCCCC3C2=O)n1.Cl. The molecule has 26 heavy (non-hydrogen) atoms. The third-order valence-electron chi connectivity index (χ3n) is 5.77. The average Bonchev–Trinajstić information content (AvgIpc) is 3.19. The monoisotopic (exact) mass is 383 g/mol. The molecule has 0 radical (unpaired) electrons. The van der Waals surface area contributed by atoms with Crippen molar-refractivity contribution in [2.45, 2.75) is 38.1 Å². The summed E-state index contributed by atoms with van der Waals surface area (Å²) in [6.07, 6.45) is 4.21. The topological polar surface area (TPSA) is 91.6 Å². The summed E-state index contributed by atoms with van der Waals surface area (Å²) in [6, 6.07) is 0.101. The molecule has 4 rings (SSSR count). The average molecular weight is 384 g/mol. The van der Waals surface area contributed by atoms with E-state index in [1.165, 1.54) is 4.90 Å². The molecule has 2 aliphatic heterocycles. The molecule has 3 heterocycles. The Labute approximate surface area is 159 Å². The number of likely N-dealkylation sites (tertiary alicyclic amines) is 1. The van der Waals surface area contributed by atoms with Crippen LogP contribution in [-0.4, -0.2) is 65.0 Å². The number of amides is 2. The van der Waals surface area contributed by atoms with Crippen LogP contribution in [0.2, 0.25) is 0 Å². The van der Waals surface area contributed by atoms with Gasteiger partial charge in [0.25, 0.3) is 0 Å². The number of nitrogens with one attached hydrogen (secondary N) is 1. The molecule has 0 aromatic carbocycles. The molecule has 1 aromatic rings. The number of piperazine rings is 1. The fraction of sp³-hybridized carbons (Fsp3) is 0.765. The lowest BCUT2D eigenvalue weighted by atomic mass is 9.81. The Morgan fingerprint density at radius 2 is 1.88 bits per heavy atom. The molecule has 144 valence electrons. The Kier molecular flexibility index (Phi) is 5.94. The Morgan fingerprint density at radius 1 is 1.19 bits per heavy atom. The molecule has 0 bridgehead atoms. The summed E-state index contributed by atoms with van der Waals surface area (Å²) in [7, 11) is 2.05. The first kappa shape index (κ1) is 19.3. The summed E-state index contributed by atoms with van der Waals surface area (Å²) in [5, 5.41) is 7.42. The molecule has 1 aromatic heterocycles. The molecule has 0 spiro atoms. The standard InChI is InChI=1S/C17H25N5O3.ClH/c1-21-9-7-18-10-13(21)15-19-14(25-20-15)6-8-22-16(23)11-4-2-3-5-12(11)17(22)24;/h11-13,18H,2-10H2,1H3;1H. The Morgan fingerprint density at radius 3 is 2.54 bits per heavy atom. The van der Waals surface area contributed by atoms with Crippen molar-refractivity contribution in [1.82, 2.24) is 25.3 Å². The molecule has 9 heteroatoms. The van der Waals surface area contributed by atoms with E-state index in [2.05, 4.69) is 20.4 Å². The molecule has 3 fully saturated rings. The number of nitrogens with zero attached hydrogens (tertiary/aromatic N) is 4. The van der Waals surface area contributed by atoms with Gasteiger partial charge in [-0.1, -0.05) is 18.0 Å². The highest BCUT2D eigenvalue weighted by molar-refractivity contribution is 6.05. The van der Waals surface area contributed by atoms with Crippen LogP contribution in [-0.2, 0) is 16.0 Å². The van der Waals surface area contributed by atoms with Crippen LogP contribution < -0.4 is 5.32 Å². The molecule has 2 saturated heterocycles. The number of aromatic nitrogens is 2. The van der Waals surface area contributed by atoms with Gasteiger partial charge in [0.1, 0.15) is 0 Å². The van der Waals surface area contributed by atoms with Crippen molar-refractivity contribution >= 4 is 24.2 Å². The van der Waals surface area contributed by atoms with Crippen molar-refractivity contribution < 1.29 is 14.1 Å². The van der Waals surface area contributed by atoms with E-state index in [4.69, 9.17) is 4.52 Å². The molecule has 8 nitrogen and oxygen atoms in total. The van der Waals surface area contributed by atoms with Crippen molar-refractivity contribution in [3.63, 3.8) is 0 Å². The predicted octanol–water partition coefficient (Wildman–Crippen LogP) is 0.785. The number of hydrogen-bond acceptors (Lipinski definition) is 7. The van der Waals surface area contributed by atoms with Gasteiger partial charge in [-0.2, -0.15) is 4.98 Å². The molecule has 3 atom stereocenters. The fourth-order valence-electron chi connectivity index (χ4n) is 4.26. The van der Waals surface area contributed by atoms with Gasteiger partial charge in [0.15, 0.2) is 5.82 Å². The zero-order valence-corrected chi connectivity index (χ0v) is 15.8. The van der Waals surface area contributed by atoms with Gasteiger partial charge in [0.2, 0.25) is 17.7 Å². The molecule has 3 unspecified atom stereocenters. The minimum absolute atomic E-state index is 0. The number of carbonyl (C=O) groups is 2. The van der Waals surface area contributed by atoms with Crippen molar-refractivity contribution in [3.8, 4) is 0 Å². The van der Waals surface area contributed by atoms with Gasteiger partial charge < -0.3 is 9.84 Å². The summed E-state index contributed by atoms with van der Waals surface area (Å²) >= 11 is 0. The maximum absolute atomic E-state index is 12.5. The Bertz CT molecular complexity index is 643. The van der Waals surface area contributed by atoms with Gasteiger partial charge in [-0.3, -0.25) is 19.4 Å². The first-order valence-corrected chi connectivity index (χ1v) is 9.24. The van der Waals surface area contributed by atoms with Crippen LogP contribution >= 0.6 is 12.4 Å². The first-order valence-electron chi connectivity index (χ1n) is 9.24. The molecule has 2 amide bonds. The van der Waals surface area contributed by atoms with Crippen LogP contribution in [0.3, 0.4) is 0 Å². The van der Waals surface area contributed by atoms with E-state index in [-0.39, 0.29) is 42.1 Å². The second-order valence-corrected chi connectivity index (χ2v) is 7.32. The van der Waals surface area contributed by atoms with Gasteiger partial charge in [-0.05, 0) is 19.9 Å². The summed E-state index contributed by atoms with van der Waals surface area (Å²) in [5.74, 6) is 0.945. The van der Waals surface area contributed by atoms with Crippen LogP contribution in [0, 0.1) is 11.8 Å². The summed E-state index contributed by atoms with van der Waals surface area (Å²) < 4.78 is 5.35. The second-order valence-electron chi connectivity index (χ2n) is 7.32. The predicted molar refractivity (Wildman–Crippen MR) is 95.7 cm³/mol. The minimum Gasteiger partial charge on any atom is -0.339 e. The summed E-state index contributed by atoms with van der Waals surface area (Å²) in [4.78, 5) is 33.1. The lowest BCUT2D eigenvalue weighted by Crippen LogP contribution is -2.44. The summed E-state index contributed by atoms with van der Waals surface area (Å²) in [6.45, 7) is 3.03. The van der Waals surface area contributed by atoms with Crippen molar-refractivity contribution in [2.24, 2.45) is 11.8 Å². The highest BCUT2D eigenvalue weighted by Gasteiger charge is 2.47. The molecule has 1 N–H and O–H groups in total. The van der Waals surface area contributed by atoms with Crippen LogP contribution in [0.5, 0.6) is 0 Å². The number of rotatable bonds is 4. The van der Waals surface area contributed by atoms with E-state index in [0.717, 1.165) is 45.3 Å². The van der Waals surface area contributed by atoms with E-state index in [1.54, 1.807) is 0 Å². The normalized spacial score (nSPS) is 29.6. The molecular weight excluding hydrogens is 358 g/mol. The molecule has 1 aliphatic carbocycles. The highest BCUT2D eigenvalue weighted by atomic mass is 35.5. The van der Waals surface area contributed by atoms with Crippen molar-refractivity contribution in [1.29, 1.82) is 0 Å². The third-order valence-corrected chi connectivity index (χ3v) is 5.77. The number of likely N-dealkylation sites (N-methyl/N-ethyl adjacent to an activating group) is 1. The minimum atomic E-state index is -0.0959. The van der Waals surface area contributed by atoms with E-state index < -0.39 is 0 Å². The Balaban J connectivity index is 0.00000196. The maximum atomic E-state index is 12.5. The molecule has 1 saturated carbocycles. The lowest BCUT2D eigenvalue weighted by Gasteiger charge is -2.30. The maximum Gasteiger partial charge on any atom is 0.233 e. The number of halogens is 1. The van der Waals surface area contributed by atoms with Gasteiger partial charge in [-0.25, -0.2) is 0 Å². The number of imide groups is 1. The number of carbonyl (C=O) groups excluding carboxylic acids is 2. The van der Waals surface area contributed by atoms with Gasteiger partial charge >= 0.3 is 0 Å². The molecular formula is C17H26ClN5O3. The highest BCUT2D eigenvalue weighted by Crippen LogP contribution is 2.37. The smallest absolute Gasteiger partial charge is 0.233 e. The number of fused-ring (bicyclic) bond motifs is 1. The summed E-state index contributed by atoms with van der Waals surface area (Å²) in [5.41, 5.74) is 0. The quantitative estimate of drug-likeness (QED) is 0.768. The van der Waals surface area contributed by atoms with Gasteiger partial charge in [-0.15, -0.1) is 12.4 Å². The fourth-order valence-corrected chi connectivity index (χ4v) is 4.26. The van der Waals surface area contributed by atoms with Gasteiger partial charge in [0, 0.05) is 32.6 Å². The first-order chi connectivity index (χ1) is 12.1. The van der Waals surface area contributed by atoms with Crippen molar-refractivity contribution in [2.75, 3.05) is 33.2 Å². The Hall–Kier alpha value is -1.51. The van der Waals surface area contributed by atoms with E-state index in [9.17, 15) is 9.59 Å². The van der Waals surface area contributed by atoms with Gasteiger partial charge in [0.05, 0.1) is 17.9 Å². The van der Waals surface area contributed by atoms with E-state index in [0.29, 0.717) is 24.7 Å². The van der Waals surface area contributed by atoms with Crippen LogP contribution in [0.1, 0.15) is 43.4 Å². The lowest BCUT2D eigenvalue weighted by molar-refractivity contribution is -0.139. The largest absolute Gasteiger partial charge is 0.339 e. The zero-order chi connectivity index (χ0) is 17.4. The van der Waals surface area contributed by atoms with Crippen LogP contribution in [0.25, 0.3) is 0 Å². The molecule has 3 aliphatic rings. The third kappa shape index (κ3) is 3.50. The van der Waals surface area contributed by atoms with E-state index in [1.807, 2.05) is 7.05 Å². The van der Waals surface area contributed by atoms with E-state index >= 15 is 0 Å². The zero-order valence-electron chi connectivity index (χ0n) is 15.0. The second kappa shape index (κ2) is 8.02. The van der Waals surface area contributed by atoms with Crippen molar-refractivity contribution in [3.05, 3.63) is 11.7 Å². The van der Waals surface area contributed by atoms with Crippen LogP contribution in [0.15, 0.2) is 4.52 Å². The van der Waals surface area contributed by atoms with Crippen LogP contribution in [0.4, 0.5) is 0 Å². The number of hydrogen-bond donors (Lipinski definition) is 1.